The first kappa shape index (κ1) is 19.3. The molecule has 0 unspecified atom stereocenters. The Labute approximate surface area is 163 Å². The zero-order valence-electron chi connectivity index (χ0n) is 15.6. The van der Waals surface area contributed by atoms with Crippen molar-refractivity contribution in [2.75, 3.05) is 27.0 Å². The molecule has 0 radical (unpaired) electrons. The molecule has 7 heteroatoms. The van der Waals surface area contributed by atoms with Crippen molar-refractivity contribution in [1.82, 2.24) is 10.2 Å². The normalized spacial score (nSPS) is 11.6. The summed E-state index contributed by atoms with van der Waals surface area (Å²) in [6.45, 7) is 4.53. The zero-order valence-corrected chi connectivity index (χ0v) is 15.6. The van der Waals surface area contributed by atoms with Crippen LogP contribution in [0.3, 0.4) is 0 Å². The molecule has 2 aromatic rings. The number of ether oxygens (including phenoxy) is 3. The maximum atomic E-state index is 12.3. The summed E-state index contributed by atoms with van der Waals surface area (Å²) in [4.78, 5) is 26.1. The fourth-order valence-electron chi connectivity index (χ4n) is 2.64. The number of benzene rings is 2. The topological polar surface area (TPSA) is 77.1 Å². The first-order valence-electron chi connectivity index (χ1n) is 8.81. The average molecular weight is 382 g/mol. The first-order chi connectivity index (χ1) is 13.6. The van der Waals surface area contributed by atoms with Gasteiger partial charge in [0, 0.05) is 19.2 Å². The maximum absolute atomic E-state index is 12.3. The van der Waals surface area contributed by atoms with Crippen molar-refractivity contribution in [2.45, 2.75) is 6.54 Å². The Morgan fingerprint density at radius 3 is 2.68 bits per heavy atom. The third-order valence-electron chi connectivity index (χ3n) is 4.17. The molecule has 2 aromatic carbocycles. The van der Waals surface area contributed by atoms with Gasteiger partial charge < -0.3 is 24.4 Å². The molecule has 0 aromatic heterocycles. The number of likely N-dealkylation sites (N-methyl/N-ethyl adjacent to an activating group) is 1. The molecule has 1 heterocycles. The van der Waals surface area contributed by atoms with Gasteiger partial charge in [0.2, 0.25) is 12.7 Å². The van der Waals surface area contributed by atoms with Crippen LogP contribution in [0.15, 0.2) is 55.1 Å². The van der Waals surface area contributed by atoms with E-state index < -0.39 is 0 Å². The van der Waals surface area contributed by atoms with Crippen LogP contribution in [0.4, 0.5) is 0 Å². The number of rotatable bonds is 8. The lowest BCUT2D eigenvalue weighted by molar-refractivity contribution is -0.129. The number of fused-ring (bicyclic) bond motifs is 1. The molecule has 3 rings (SSSR count). The van der Waals surface area contributed by atoms with E-state index in [0.29, 0.717) is 30.2 Å². The van der Waals surface area contributed by atoms with Gasteiger partial charge in [-0.3, -0.25) is 9.59 Å². The third-order valence-corrected chi connectivity index (χ3v) is 4.17. The molecule has 7 nitrogen and oxygen atoms in total. The van der Waals surface area contributed by atoms with Gasteiger partial charge >= 0.3 is 0 Å². The largest absolute Gasteiger partial charge is 0.490 e. The van der Waals surface area contributed by atoms with Gasteiger partial charge in [-0.1, -0.05) is 24.8 Å². The zero-order chi connectivity index (χ0) is 19.9. The molecule has 1 aliphatic rings. The van der Waals surface area contributed by atoms with Crippen molar-refractivity contribution in [3.05, 3.63) is 66.2 Å². The summed E-state index contributed by atoms with van der Waals surface area (Å²) in [5.74, 6) is 1.34. The molecule has 1 aliphatic heterocycles. The van der Waals surface area contributed by atoms with Crippen LogP contribution in [0.1, 0.15) is 15.9 Å². The molecule has 0 saturated heterocycles. The summed E-state index contributed by atoms with van der Waals surface area (Å²) in [7, 11) is 1.69. The molecular formula is C21H22N2O5. The van der Waals surface area contributed by atoms with Gasteiger partial charge in [-0.25, -0.2) is 0 Å². The maximum Gasteiger partial charge on any atom is 0.251 e. The summed E-state index contributed by atoms with van der Waals surface area (Å²) in [6.07, 6.45) is 1.68. The summed E-state index contributed by atoms with van der Waals surface area (Å²) in [5, 5.41) is 2.63. The molecule has 0 fully saturated rings. The van der Waals surface area contributed by atoms with E-state index in [-0.39, 0.29) is 25.2 Å². The van der Waals surface area contributed by atoms with Crippen molar-refractivity contribution in [3.8, 4) is 17.2 Å². The SMILES string of the molecule is C=CCOc1ccc(CN(C)C(=O)CNC(=O)c2ccc3c(c2)OCO3)cc1. The summed E-state index contributed by atoms with van der Waals surface area (Å²) in [5.41, 5.74) is 1.37. The van der Waals surface area contributed by atoms with Crippen molar-refractivity contribution in [1.29, 1.82) is 0 Å². The third kappa shape index (κ3) is 4.82. The number of nitrogens with one attached hydrogen (secondary N) is 1. The first-order valence-corrected chi connectivity index (χ1v) is 8.81. The van der Waals surface area contributed by atoms with Crippen LogP contribution in [0.5, 0.6) is 17.2 Å². The number of hydrogen-bond acceptors (Lipinski definition) is 5. The second kappa shape index (κ2) is 8.94. The minimum absolute atomic E-state index is 0.0930. The van der Waals surface area contributed by atoms with Gasteiger partial charge in [0.15, 0.2) is 11.5 Å². The predicted molar refractivity (Wildman–Crippen MR) is 104 cm³/mol. The van der Waals surface area contributed by atoms with Crippen molar-refractivity contribution in [2.24, 2.45) is 0 Å². The van der Waals surface area contributed by atoms with Gasteiger partial charge in [-0.05, 0) is 35.9 Å². The van der Waals surface area contributed by atoms with E-state index in [2.05, 4.69) is 11.9 Å². The fourth-order valence-corrected chi connectivity index (χ4v) is 2.64. The van der Waals surface area contributed by atoms with Crippen molar-refractivity contribution >= 4 is 11.8 Å². The van der Waals surface area contributed by atoms with Gasteiger partial charge in [-0.2, -0.15) is 0 Å². The number of nitrogens with zero attached hydrogens (tertiary/aromatic N) is 1. The minimum Gasteiger partial charge on any atom is -0.490 e. The van der Waals surface area contributed by atoms with Gasteiger partial charge in [0.25, 0.3) is 5.91 Å². The Bertz CT molecular complexity index is 864. The number of carbonyl (C=O) groups excluding carboxylic acids is 2. The summed E-state index contributed by atoms with van der Waals surface area (Å²) in [6, 6.07) is 12.4. The van der Waals surface area contributed by atoms with Crippen LogP contribution in [0.2, 0.25) is 0 Å². The van der Waals surface area contributed by atoms with Gasteiger partial charge in [0.05, 0.1) is 6.54 Å². The summed E-state index contributed by atoms with van der Waals surface area (Å²) >= 11 is 0. The van der Waals surface area contributed by atoms with E-state index in [1.165, 1.54) is 0 Å². The smallest absolute Gasteiger partial charge is 0.251 e. The standard InChI is InChI=1S/C21H22N2O5/c1-3-10-26-17-7-4-15(5-8-17)13-23(2)20(24)12-22-21(25)16-6-9-18-19(11-16)28-14-27-18/h3-9,11H,1,10,12-14H2,2H3,(H,22,25). The lowest BCUT2D eigenvalue weighted by atomic mass is 10.2. The molecule has 0 saturated carbocycles. The van der Waals surface area contributed by atoms with E-state index in [1.807, 2.05) is 24.3 Å². The highest BCUT2D eigenvalue weighted by Crippen LogP contribution is 2.32. The van der Waals surface area contributed by atoms with Crippen LogP contribution in [-0.2, 0) is 11.3 Å². The highest BCUT2D eigenvalue weighted by atomic mass is 16.7. The van der Waals surface area contributed by atoms with E-state index >= 15 is 0 Å². The van der Waals surface area contributed by atoms with Crippen LogP contribution in [0, 0.1) is 0 Å². The quantitative estimate of drug-likeness (QED) is 0.710. The van der Waals surface area contributed by atoms with Gasteiger partial charge in [-0.15, -0.1) is 0 Å². The lowest BCUT2D eigenvalue weighted by Gasteiger charge is -2.18. The Morgan fingerprint density at radius 2 is 1.93 bits per heavy atom. The Balaban J connectivity index is 1.48. The van der Waals surface area contributed by atoms with Crippen LogP contribution in [0.25, 0.3) is 0 Å². The minimum atomic E-state index is -0.344. The molecule has 146 valence electrons. The Kier molecular flexibility index (Phi) is 6.16. The van der Waals surface area contributed by atoms with E-state index in [1.54, 1.807) is 36.2 Å². The number of carbonyl (C=O) groups is 2. The lowest BCUT2D eigenvalue weighted by Crippen LogP contribution is -2.37. The van der Waals surface area contributed by atoms with Crippen LogP contribution < -0.4 is 19.5 Å². The molecule has 2 amide bonds. The summed E-state index contributed by atoms with van der Waals surface area (Å²) < 4.78 is 15.9. The van der Waals surface area contributed by atoms with E-state index in [4.69, 9.17) is 14.2 Å². The number of hydrogen-bond donors (Lipinski definition) is 1. The average Bonchev–Trinajstić information content (AvgIpc) is 3.19. The van der Waals surface area contributed by atoms with Gasteiger partial charge in [0.1, 0.15) is 12.4 Å². The molecule has 0 spiro atoms. The van der Waals surface area contributed by atoms with Crippen molar-refractivity contribution in [3.63, 3.8) is 0 Å². The van der Waals surface area contributed by atoms with Crippen molar-refractivity contribution < 1.29 is 23.8 Å². The molecule has 0 bridgehead atoms. The highest BCUT2D eigenvalue weighted by Gasteiger charge is 2.17. The highest BCUT2D eigenvalue weighted by molar-refractivity contribution is 5.97. The Hall–Kier alpha value is -3.48. The molecule has 28 heavy (non-hydrogen) atoms. The number of amides is 2. The molecule has 0 atom stereocenters. The predicted octanol–water partition coefficient (Wildman–Crippen LogP) is 2.37. The Morgan fingerprint density at radius 1 is 1.18 bits per heavy atom. The molecule has 0 aliphatic carbocycles. The van der Waals surface area contributed by atoms with Crippen LogP contribution in [-0.4, -0.2) is 43.7 Å². The molecule has 1 N–H and O–H groups in total. The van der Waals surface area contributed by atoms with Crippen LogP contribution >= 0.6 is 0 Å². The monoisotopic (exact) mass is 382 g/mol. The second-order valence-corrected chi connectivity index (χ2v) is 6.24. The van der Waals surface area contributed by atoms with E-state index in [0.717, 1.165) is 11.3 Å². The van der Waals surface area contributed by atoms with E-state index in [9.17, 15) is 9.59 Å². The molecular weight excluding hydrogens is 360 g/mol. The second-order valence-electron chi connectivity index (χ2n) is 6.24. The fraction of sp³-hybridized carbons (Fsp3) is 0.238.